The predicted molar refractivity (Wildman–Crippen MR) is 89.9 cm³/mol. The van der Waals surface area contributed by atoms with E-state index in [4.69, 9.17) is 0 Å². The first-order valence-corrected chi connectivity index (χ1v) is 7.86. The number of aromatic hydroxyl groups is 1. The summed E-state index contributed by atoms with van der Waals surface area (Å²) in [6.45, 7) is 0. The Balaban J connectivity index is 1.84. The van der Waals surface area contributed by atoms with Crippen LogP contribution in [-0.4, -0.2) is 15.6 Å². The Labute approximate surface area is 137 Å². The smallest absolute Gasteiger partial charge is 0.271 e. The predicted octanol–water partition coefficient (Wildman–Crippen LogP) is 2.70. The van der Waals surface area contributed by atoms with E-state index in [1.807, 2.05) is 47.3 Å². The lowest BCUT2D eigenvalue weighted by Gasteiger charge is -2.03. The number of thiazole rings is 1. The Morgan fingerprint density at radius 1 is 1.17 bits per heavy atom. The summed E-state index contributed by atoms with van der Waals surface area (Å²) in [6, 6.07) is 16.1. The highest BCUT2D eigenvalue weighted by atomic mass is 32.1. The van der Waals surface area contributed by atoms with Crippen molar-refractivity contribution in [1.29, 1.82) is 0 Å². The molecular weight excluding hydrogens is 310 g/mol. The van der Waals surface area contributed by atoms with Crippen molar-refractivity contribution in [2.45, 2.75) is 0 Å². The number of carbonyl (C=O) groups excluding carboxylic acids is 1. The monoisotopic (exact) mass is 325 g/mol. The third-order valence-electron chi connectivity index (χ3n) is 3.36. The average Bonchev–Trinajstić information content (AvgIpc) is 2.94. The minimum atomic E-state index is -0.365. The zero-order valence-corrected chi connectivity index (χ0v) is 13.2. The topological polar surface area (TPSA) is 66.6 Å². The summed E-state index contributed by atoms with van der Waals surface area (Å²) >= 11 is 1.44. The SMILES string of the molecule is Cn1c(-c2ccccc2)csc1=NNC(=O)c1cccc(O)c1. The van der Waals surface area contributed by atoms with Crippen LogP contribution in [0.5, 0.6) is 5.75 Å². The first-order valence-electron chi connectivity index (χ1n) is 6.98. The van der Waals surface area contributed by atoms with E-state index >= 15 is 0 Å². The average molecular weight is 325 g/mol. The molecule has 1 amide bonds. The number of hydrogen-bond acceptors (Lipinski definition) is 4. The molecule has 0 aliphatic heterocycles. The van der Waals surface area contributed by atoms with Crippen LogP contribution in [0.25, 0.3) is 11.3 Å². The van der Waals surface area contributed by atoms with E-state index < -0.39 is 0 Å². The summed E-state index contributed by atoms with van der Waals surface area (Å²) in [5.74, 6) is -0.318. The molecule has 3 aromatic rings. The summed E-state index contributed by atoms with van der Waals surface area (Å²) in [6.07, 6.45) is 0. The number of benzene rings is 2. The van der Waals surface area contributed by atoms with Crippen LogP contribution in [0.1, 0.15) is 10.4 Å². The molecule has 0 fully saturated rings. The lowest BCUT2D eigenvalue weighted by atomic mass is 10.2. The number of amides is 1. The fourth-order valence-corrected chi connectivity index (χ4v) is 3.02. The lowest BCUT2D eigenvalue weighted by Crippen LogP contribution is -2.23. The molecule has 0 aliphatic carbocycles. The Bertz CT molecular complexity index is 897. The summed E-state index contributed by atoms with van der Waals surface area (Å²) < 4.78 is 1.92. The fraction of sp³-hybridized carbons (Fsp3) is 0.0588. The van der Waals surface area contributed by atoms with Gasteiger partial charge in [0.25, 0.3) is 5.91 Å². The fourth-order valence-electron chi connectivity index (χ4n) is 2.15. The van der Waals surface area contributed by atoms with Crippen molar-refractivity contribution >= 4 is 17.2 Å². The van der Waals surface area contributed by atoms with Gasteiger partial charge in [0.2, 0.25) is 4.80 Å². The standard InChI is InChI=1S/C17H15N3O2S/c1-20-15(12-6-3-2-4-7-12)11-23-17(20)19-18-16(22)13-8-5-9-14(21)10-13/h2-11,21H,1H3,(H,18,22). The molecule has 0 saturated heterocycles. The number of aromatic nitrogens is 1. The molecule has 0 bridgehead atoms. The van der Waals surface area contributed by atoms with Gasteiger partial charge in [-0.05, 0) is 23.8 Å². The molecule has 1 heterocycles. The Morgan fingerprint density at radius 3 is 2.70 bits per heavy atom. The molecule has 116 valence electrons. The summed E-state index contributed by atoms with van der Waals surface area (Å²) in [5, 5.41) is 15.6. The van der Waals surface area contributed by atoms with Crippen LogP contribution < -0.4 is 10.2 Å². The van der Waals surface area contributed by atoms with Gasteiger partial charge in [0.05, 0.1) is 5.69 Å². The first-order chi connectivity index (χ1) is 11.1. The minimum absolute atomic E-state index is 0.0469. The number of hydrogen-bond donors (Lipinski definition) is 2. The number of phenolic OH excluding ortho intramolecular Hbond substituents is 1. The van der Waals surface area contributed by atoms with Crippen LogP contribution >= 0.6 is 11.3 Å². The zero-order chi connectivity index (χ0) is 16.2. The van der Waals surface area contributed by atoms with E-state index in [-0.39, 0.29) is 11.7 Å². The lowest BCUT2D eigenvalue weighted by molar-refractivity contribution is 0.0952. The third-order valence-corrected chi connectivity index (χ3v) is 4.27. The van der Waals surface area contributed by atoms with E-state index in [0.717, 1.165) is 11.3 Å². The van der Waals surface area contributed by atoms with E-state index in [1.54, 1.807) is 12.1 Å². The second-order valence-electron chi connectivity index (χ2n) is 4.93. The van der Waals surface area contributed by atoms with Gasteiger partial charge in [0, 0.05) is 18.0 Å². The quantitative estimate of drug-likeness (QED) is 0.727. The summed E-state index contributed by atoms with van der Waals surface area (Å²) in [7, 11) is 1.90. The van der Waals surface area contributed by atoms with Crippen molar-refractivity contribution in [1.82, 2.24) is 9.99 Å². The van der Waals surface area contributed by atoms with Crippen LogP contribution in [0.3, 0.4) is 0 Å². The number of nitrogens with one attached hydrogen (secondary N) is 1. The van der Waals surface area contributed by atoms with E-state index in [0.29, 0.717) is 10.4 Å². The zero-order valence-electron chi connectivity index (χ0n) is 12.4. The van der Waals surface area contributed by atoms with E-state index in [9.17, 15) is 9.90 Å². The van der Waals surface area contributed by atoms with Crippen molar-refractivity contribution in [3.8, 4) is 17.0 Å². The normalized spacial score (nSPS) is 11.4. The van der Waals surface area contributed by atoms with Crippen LogP contribution in [-0.2, 0) is 7.05 Å². The van der Waals surface area contributed by atoms with Crippen molar-refractivity contribution in [3.63, 3.8) is 0 Å². The molecule has 0 aliphatic rings. The molecule has 2 aromatic carbocycles. The largest absolute Gasteiger partial charge is 0.508 e. The molecule has 0 atom stereocenters. The van der Waals surface area contributed by atoms with Crippen molar-refractivity contribution in [2.24, 2.45) is 12.1 Å². The van der Waals surface area contributed by atoms with Crippen molar-refractivity contribution in [3.05, 3.63) is 70.3 Å². The van der Waals surface area contributed by atoms with Crippen molar-refractivity contribution < 1.29 is 9.90 Å². The van der Waals surface area contributed by atoms with Gasteiger partial charge in [0.15, 0.2) is 0 Å². The van der Waals surface area contributed by atoms with Gasteiger partial charge in [-0.15, -0.1) is 16.4 Å². The van der Waals surface area contributed by atoms with E-state index in [1.165, 1.54) is 23.5 Å². The number of nitrogens with zero attached hydrogens (tertiary/aromatic N) is 2. The van der Waals surface area contributed by atoms with Gasteiger partial charge in [-0.1, -0.05) is 36.4 Å². The van der Waals surface area contributed by atoms with Gasteiger partial charge in [-0.2, -0.15) is 0 Å². The molecule has 2 N–H and O–H groups in total. The highest BCUT2D eigenvalue weighted by Crippen LogP contribution is 2.18. The minimum Gasteiger partial charge on any atom is -0.508 e. The molecular formula is C17H15N3O2S. The van der Waals surface area contributed by atoms with Crippen molar-refractivity contribution in [2.75, 3.05) is 0 Å². The molecule has 6 heteroatoms. The molecule has 1 aromatic heterocycles. The molecule has 3 rings (SSSR count). The molecule has 0 saturated carbocycles. The van der Waals surface area contributed by atoms with Crippen LogP contribution in [0.15, 0.2) is 65.1 Å². The molecule has 0 spiro atoms. The number of phenols is 1. The van der Waals surface area contributed by atoms with E-state index in [2.05, 4.69) is 10.5 Å². The van der Waals surface area contributed by atoms with Gasteiger partial charge in [-0.25, -0.2) is 5.43 Å². The van der Waals surface area contributed by atoms with Gasteiger partial charge in [-0.3, -0.25) is 4.79 Å². The van der Waals surface area contributed by atoms with Crippen LogP contribution in [0.4, 0.5) is 0 Å². The van der Waals surface area contributed by atoms with Gasteiger partial charge >= 0.3 is 0 Å². The second-order valence-corrected chi connectivity index (χ2v) is 5.77. The molecule has 0 unspecified atom stereocenters. The summed E-state index contributed by atoms with van der Waals surface area (Å²) in [5.41, 5.74) is 4.99. The molecule has 0 radical (unpaired) electrons. The maximum atomic E-state index is 12.0. The summed E-state index contributed by atoms with van der Waals surface area (Å²) in [4.78, 5) is 12.7. The third kappa shape index (κ3) is 3.32. The van der Waals surface area contributed by atoms with Crippen LogP contribution in [0.2, 0.25) is 0 Å². The maximum absolute atomic E-state index is 12.0. The molecule has 23 heavy (non-hydrogen) atoms. The Morgan fingerprint density at radius 2 is 1.96 bits per heavy atom. The Hall–Kier alpha value is -2.86. The number of rotatable bonds is 3. The number of carbonyl (C=O) groups is 1. The Kier molecular flexibility index (Phi) is 4.25. The van der Waals surface area contributed by atoms with Crippen LogP contribution in [0, 0.1) is 0 Å². The highest BCUT2D eigenvalue weighted by Gasteiger charge is 2.07. The van der Waals surface area contributed by atoms with Gasteiger partial charge < -0.3 is 9.67 Å². The van der Waals surface area contributed by atoms with Gasteiger partial charge in [0.1, 0.15) is 5.75 Å². The first kappa shape index (κ1) is 15.1. The molecule has 5 nitrogen and oxygen atoms in total. The second kappa shape index (κ2) is 6.50. The highest BCUT2D eigenvalue weighted by molar-refractivity contribution is 7.07. The maximum Gasteiger partial charge on any atom is 0.271 e.